The molecule has 0 radical (unpaired) electrons. The summed E-state index contributed by atoms with van der Waals surface area (Å²) in [6.45, 7) is 0.739. The van der Waals surface area contributed by atoms with Crippen LogP contribution in [0.5, 0.6) is 0 Å². The molecule has 0 fully saturated rings. The molecule has 0 spiro atoms. The second kappa shape index (κ2) is 10.2. The summed E-state index contributed by atoms with van der Waals surface area (Å²) >= 11 is 0. The van der Waals surface area contributed by atoms with Crippen LogP contribution in [-0.2, 0) is 11.3 Å². The lowest BCUT2D eigenvalue weighted by Crippen LogP contribution is -2.27. The number of hydrogen-bond donors (Lipinski definition) is 2. The summed E-state index contributed by atoms with van der Waals surface area (Å²) in [6.07, 6.45) is 7.64. The zero-order chi connectivity index (χ0) is 22.2. The van der Waals surface area contributed by atoms with Crippen LogP contribution in [0.1, 0.15) is 29.0 Å². The molecular weight excluding hydrogens is 406 g/mol. The summed E-state index contributed by atoms with van der Waals surface area (Å²) in [7, 11) is 0. The number of para-hydroxylation sites is 1. The van der Waals surface area contributed by atoms with E-state index < -0.39 is 0 Å². The summed E-state index contributed by atoms with van der Waals surface area (Å²) in [4.78, 5) is 28.2. The summed E-state index contributed by atoms with van der Waals surface area (Å²) in [5.41, 5.74) is 3.56. The van der Waals surface area contributed by atoms with E-state index in [0.717, 1.165) is 22.5 Å². The van der Waals surface area contributed by atoms with Gasteiger partial charge < -0.3 is 15.1 Å². The molecule has 0 aliphatic rings. The van der Waals surface area contributed by atoms with Crippen LogP contribution in [0, 0.1) is 0 Å². The molecule has 4 rings (SSSR count). The first-order valence-corrected chi connectivity index (χ1v) is 10.3. The zero-order valence-electron chi connectivity index (χ0n) is 17.4. The lowest BCUT2D eigenvalue weighted by molar-refractivity contribution is -0.121. The van der Waals surface area contributed by atoms with Gasteiger partial charge in [-0.2, -0.15) is 5.10 Å². The molecule has 0 aliphatic heterocycles. The first-order valence-electron chi connectivity index (χ1n) is 10.3. The highest BCUT2D eigenvalue weighted by Crippen LogP contribution is 2.23. The number of carbonyl (C=O) groups is 2. The summed E-state index contributed by atoms with van der Waals surface area (Å²) in [6, 6.07) is 16.8. The Balaban J connectivity index is 1.35. The lowest BCUT2D eigenvalue weighted by atomic mass is 10.1. The number of hydrogen-bond acceptors (Lipinski definition) is 5. The molecule has 0 saturated carbocycles. The minimum Gasteiger partial charge on any atom is -0.459 e. The number of aromatic nitrogens is 3. The maximum Gasteiger partial charge on any atom is 0.286 e. The highest BCUT2D eigenvalue weighted by Gasteiger charge is 2.14. The van der Waals surface area contributed by atoms with E-state index in [9.17, 15) is 9.59 Å². The fraction of sp³-hybridized carbons (Fsp3) is 0.167. The van der Waals surface area contributed by atoms with Crippen LogP contribution in [0.4, 0.5) is 0 Å². The molecule has 4 aromatic rings. The topological polar surface area (TPSA) is 102 Å². The Kier molecular flexibility index (Phi) is 6.72. The molecule has 8 heteroatoms. The second-order valence-electron chi connectivity index (χ2n) is 7.13. The molecule has 0 unspecified atom stereocenters. The number of carbonyl (C=O) groups excluding carboxylic acids is 2. The Hall–Kier alpha value is -4.20. The van der Waals surface area contributed by atoms with Crippen molar-refractivity contribution in [3.8, 4) is 16.9 Å². The molecule has 0 saturated heterocycles. The highest BCUT2D eigenvalue weighted by molar-refractivity contribution is 5.91. The maximum atomic E-state index is 12.3. The number of nitrogens with zero attached hydrogens (tertiary/aromatic N) is 3. The third-order valence-corrected chi connectivity index (χ3v) is 4.85. The third kappa shape index (κ3) is 5.28. The van der Waals surface area contributed by atoms with Crippen molar-refractivity contribution in [3.63, 3.8) is 0 Å². The van der Waals surface area contributed by atoms with Crippen LogP contribution >= 0.6 is 0 Å². The normalized spacial score (nSPS) is 10.6. The molecule has 32 heavy (non-hydrogen) atoms. The Labute approximate surface area is 185 Å². The van der Waals surface area contributed by atoms with E-state index in [1.54, 1.807) is 29.2 Å². The van der Waals surface area contributed by atoms with Crippen LogP contribution in [0.2, 0.25) is 0 Å². The van der Waals surface area contributed by atoms with E-state index in [1.807, 2.05) is 48.7 Å². The first-order chi connectivity index (χ1) is 15.7. The quantitative estimate of drug-likeness (QED) is 0.397. The van der Waals surface area contributed by atoms with Crippen molar-refractivity contribution in [2.24, 2.45) is 0 Å². The van der Waals surface area contributed by atoms with Crippen molar-refractivity contribution < 1.29 is 14.0 Å². The summed E-state index contributed by atoms with van der Waals surface area (Å²) in [5.74, 6) is -0.121. The molecule has 2 amide bonds. The predicted octanol–water partition coefficient (Wildman–Crippen LogP) is 3.35. The standard InChI is InChI=1S/C24H23N5O3/c30-22(9-4-12-26-24(31)21-8-5-15-32-21)27-16-19-17-29(20-6-2-1-3-7-20)28-23(19)18-10-13-25-14-11-18/h1-3,5-8,10-11,13-15,17H,4,9,12,16H2,(H,26,31)(H,27,30). The van der Waals surface area contributed by atoms with Gasteiger partial charge in [-0.1, -0.05) is 18.2 Å². The Morgan fingerprint density at radius 2 is 1.78 bits per heavy atom. The van der Waals surface area contributed by atoms with Gasteiger partial charge in [0, 0.05) is 49.2 Å². The van der Waals surface area contributed by atoms with E-state index in [2.05, 4.69) is 15.6 Å². The second-order valence-corrected chi connectivity index (χ2v) is 7.13. The van der Waals surface area contributed by atoms with E-state index in [0.29, 0.717) is 25.9 Å². The largest absolute Gasteiger partial charge is 0.459 e. The average molecular weight is 429 g/mol. The van der Waals surface area contributed by atoms with Crippen molar-refractivity contribution >= 4 is 11.8 Å². The van der Waals surface area contributed by atoms with E-state index in [1.165, 1.54) is 6.26 Å². The van der Waals surface area contributed by atoms with Crippen LogP contribution in [0.15, 0.2) is 83.9 Å². The van der Waals surface area contributed by atoms with E-state index in [-0.39, 0.29) is 17.6 Å². The summed E-state index contributed by atoms with van der Waals surface area (Å²) < 4.78 is 6.85. The van der Waals surface area contributed by atoms with Crippen LogP contribution in [0.25, 0.3) is 16.9 Å². The average Bonchev–Trinajstić information content (AvgIpc) is 3.52. The molecule has 2 N–H and O–H groups in total. The van der Waals surface area contributed by atoms with Gasteiger partial charge in [0.15, 0.2) is 5.76 Å². The van der Waals surface area contributed by atoms with E-state index >= 15 is 0 Å². The minimum atomic E-state index is -0.286. The van der Waals surface area contributed by atoms with Crippen molar-refractivity contribution in [2.45, 2.75) is 19.4 Å². The van der Waals surface area contributed by atoms with Gasteiger partial charge in [0.05, 0.1) is 17.6 Å². The minimum absolute atomic E-state index is 0.0922. The molecular formula is C24H23N5O3. The molecule has 0 aliphatic carbocycles. The van der Waals surface area contributed by atoms with Gasteiger partial charge >= 0.3 is 0 Å². The van der Waals surface area contributed by atoms with Gasteiger partial charge in [-0.05, 0) is 42.8 Å². The fourth-order valence-electron chi connectivity index (χ4n) is 3.23. The number of pyridine rings is 1. The Morgan fingerprint density at radius 1 is 0.969 bits per heavy atom. The lowest BCUT2D eigenvalue weighted by Gasteiger charge is -2.06. The first kappa shape index (κ1) is 21.0. The number of rotatable bonds is 9. The van der Waals surface area contributed by atoms with Crippen molar-refractivity contribution in [1.82, 2.24) is 25.4 Å². The van der Waals surface area contributed by atoms with Gasteiger partial charge in [-0.15, -0.1) is 0 Å². The molecule has 1 aromatic carbocycles. The van der Waals surface area contributed by atoms with Gasteiger partial charge in [-0.3, -0.25) is 14.6 Å². The van der Waals surface area contributed by atoms with Crippen LogP contribution in [0.3, 0.4) is 0 Å². The SMILES string of the molecule is O=C(CCCNC(=O)c1ccco1)NCc1cn(-c2ccccc2)nc1-c1ccncc1. The van der Waals surface area contributed by atoms with Gasteiger partial charge in [-0.25, -0.2) is 4.68 Å². The van der Waals surface area contributed by atoms with Gasteiger partial charge in [0.1, 0.15) is 0 Å². The van der Waals surface area contributed by atoms with Crippen molar-refractivity contribution in [3.05, 3.63) is 90.8 Å². The third-order valence-electron chi connectivity index (χ3n) is 4.85. The van der Waals surface area contributed by atoms with Crippen molar-refractivity contribution in [1.29, 1.82) is 0 Å². The molecule has 3 aromatic heterocycles. The number of amides is 2. The van der Waals surface area contributed by atoms with Crippen molar-refractivity contribution in [2.75, 3.05) is 6.54 Å². The Morgan fingerprint density at radius 3 is 2.53 bits per heavy atom. The number of nitrogens with one attached hydrogen (secondary N) is 2. The molecule has 0 bridgehead atoms. The van der Waals surface area contributed by atoms with Crippen LogP contribution in [-0.4, -0.2) is 33.1 Å². The molecule has 162 valence electrons. The van der Waals surface area contributed by atoms with Crippen LogP contribution < -0.4 is 10.6 Å². The maximum absolute atomic E-state index is 12.3. The molecule has 3 heterocycles. The number of furan rings is 1. The molecule has 0 atom stereocenters. The monoisotopic (exact) mass is 429 g/mol. The molecule has 8 nitrogen and oxygen atoms in total. The van der Waals surface area contributed by atoms with Gasteiger partial charge in [0.25, 0.3) is 5.91 Å². The van der Waals surface area contributed by atoms with E-state index in [4.69, 9.17) is 9.52 Å². The zero-order valence-corrected chi connectivity index (χ0v) is 17.4. The summed E-state index contributed by atoms with van der Waals surface area (Å²) in [5, 5.41) is 10.4. The fourth-order valence-corrected chi connectivity index (χ4v) is 3.23. The predicted molar refractivity (Wildman–Crippen MR) is 119 cm³/mol. The number of benzene rings is 1. The smallest absolute Gasteiger partial charge is 0.286 e. The Bertz CT molecular complexity index is 1160. The highest BCUT2D eigenvalue weighted by atomic mass is 16.3. The van der Waals surface area contributed by atoms with Gasteiger partial charge in [0.2, 0.25) is 5.91 Å².